The van der Waals surface area contributed by atoms with Crippen LogP contribution in [0.3, 0.4) is 0 Å². The SMILES string of the molecule is CC(C)[C@H](NC(=O)[C@@H](CCC(=O)OC(C)(C)C)NC(=O)OCc1ccccc1)C(=O)OCc1ccccc1. The number of amides is 2. The molecule has 2 aromatic rings. The molecule has 2 N–H and O–H groups in total. The summed E-state index contributed by atoms with van der Waals surface area (Å²) in [6.45, 7) is 8.82. The van der Waals surface area contributed by atoms with Gasteiger partial charge in [-0.25, -0.2) is 9.59 Å². The highest BCUT2D eigenvalue weighted by molar-refractivity contribution is 5.90. The van der Waals surface area contributed by atoms with E-state index in [4.69, 9.17) is 14.2 Å². The van der Waals surface area contributed by atoms with Crippen LogP contribution in [0, 0.1) is 5.92 Å². The summed E-state index contributed by atoms with van der Waals surface area (Å²) in [5, 5.41) is 5.18. The monoisotopic (exact) mass is 526 g/mol. The minimum atomic E-state index is -1.14. The highest BCUT2D eigenvalue weighted by Gasteiger charge is 2.31. The first-order valence-electron chi connectivity index (χ1n) is 12.6. The number of rotatable bonds is 12. The molecule has 0 aliphatic carbocycles. The van der Waals surface area contributed by atoms with Gasteiger partial charge >= 0.3 is 18.0 Å². The first-order valence-corrected chi connectivity index (χ1v) is 12.6. The van der Waals surface area contributed by atoms with Crippen LogP contribution in [0.25, 0.3) is 0 Å². The van der Waals surface area contributed by atoms with Gasteiger partial charge in [-0.3, -0.25) is 9.59 Å². The van der Waals surface area contributed by atoms with E-state index in [1.807, 2.05) is 48.5 Å². The fourth-order valence-electron chi connectivity index (χ4n) is 3.40. The lowest BCUT2D eigenvalue weighted by atomic mass is 10.0. The van der Waals surface area contributed by atoms with Crippen LogP contribution in [-0.2, 0) is 41.8 Å². The summed E-state index contributed by atoms with van der Waals surface area (Å²) in [5.74, 6) is -2.05. The lowest BCUT2D eigenvalue weighted by Crippen LogP contribution is -2.53. The van der Waals surface area contributed by atoms with E-state index in [0.717, 1.165) is 11.1 Å². The molecule has 0 saturated heterocycles. The van der Waals surface area contributed by atoms with Crippen molar-refractivity contribution in [2.75, 3.05) is 0 Å². The van der Waals surface area contributed by atoms with Gasteiger partial charge in [0.1, 0.15) is 30.9 Å². The Hall–Kier alpha value is -3.88. The van der Waals surface area contributed by atoms with Gasteiger partial charge in [0, 0.05) is 6.42 Å². The molecule has 9 nitrogen and oxygen atoms in total. The van der Waals surface area contributed by atoms with Gasteiger partial charge < -0.3 is 24.8 Å². The first-order chi connectivity index (χ1) is 17.9. The topological polar surface area (TPSA) is 120 Å². The van der Waals surface area contributed by atoms with Gasteiger partial charge in [-0.05, 0) is 44.2 Å². The zero-order chi connectivity index (χ0) is 28.1. The Morgan fingerprint density at radius 3 is 1.82 bits per heavy atom. The molecule has 9 heteroatoms. The molecule has 2 rings (SSSR count). The molecule has 38 heavy (non-hydrogen) atoms. The molecule has 0 spiro atoms. The summed E-state index contributed by atoms with van der Waals surface area (Å²) in [6.07, 6.45) is -1.00. The van der Waals surface area contributed by atoms with Crippen molar-refractivity contribution in [1.82, 2.24) is 10.6 Å². The van der Waals surface area contributed by atoms with E-state index in [1.54, 1.807) is 46.8 Å². The van der Waals surface area contributed by atoms with Crippen molar-refractivity contribution in [2.45, 2.75) is 78.4 Å². The molecule has 0 saturated carbocycles. The average molecular weight is 527 g/mol. The fraction of sp³-hybridized carbons (Fsp3) is 0.448. The van der Waals surface area contributed by atoms with Crippen LogP contribution in [-0.4, -0.2) is 41.6 Å². The van der Waals surface area contributed by atoms with Crippen molar-refractivity contribution < 1.29 is 33.4 Å². The van der Waals surface area contributed by atoms with E-state index in [9.17, 15) is 19.2 Å². The van der Waals surface area contributed by atoms with Gasteiger partial charge in [-0.1, -0.05) is 74.5 Å². The van der Waals surface area contributed by atoms with E-state index < -0.39 is 41.6 Å². The van der Waals surface area contributed by atoms with Gasteiger partial charge in [0.15, 0.2) is 0 Å². The van der Waals surface area contributed by atoms with Crippen LogP contribution in [0.5, 0.6) is 0 Å². The quantitative estimate of drug-likeness (QED) is 0.313. The lowest BCUT2D eigenvalue weighted by Gasteiger charge is -2.25. The molecule has 0 aliphatic heterocycles. The van der Waals surface area contributed by atoms with Gasteiger partial charge in [0.2, 0.25) is 5.91 Å². The smallest absolute Gasteiger partial charge is 0.408 e. The number of ether oxygens (including phenoxy) is 3. The molecule has 0 aliphatic rings. The lowest BCUT2D eigenvalue weighted by molar-refractivity contribution is -0.155. The second-order valence-corrected chi connectivity index (χ2v) is 10.2. The number of alkyl carbamates (subject to hydrolysis) is 1. The molecular weight excluding hydrogens is 488 g/mol. The fourth-order valence-corrected chi connectivity index (χ4v) is 3.40. The van der Waals surface area contributed by atoms with E-state index >= 15 is 0 Å². The Balaban J connectivity index is 2.05. The maximum absolute atomic E-state index is 13.2. The number of carbonyl (C=O) groups is 4. The van der Waals surface area contributed by atoms with Crippen LogP contribution in [0.4, 0.5) is 4.79 Å². The molecular formula is C29H38N2O7. The number of hydrogen-bond acceptors (Lipinski definition) is 7. The van der Waals surface area contributed by atoms with Crippen molar-refractivity contribution in [3.05, 3.63) is 71.8 Å². The highest BCUT2D eigenvalue weighted by Crippen LogP contribution is 2.12. The molecule has 0 unspecified atom stereocenters. The molecule has 2 aromatic carbocycles. The molecule has 0 fully saturated rings. The molecule has 2 amide bonds. The number of esters is 2. The van der Waals surface area contributed by atoms with Crippen LogP contribution >= 0.6 is 0 Å². The van der Waals surface area contributed by atoms with Gasteiger partial charge in [0.25, 0.3) is 0 Å². The number of nitrogens with one attached hydrogen (secondary N) is 2. The minimum absolute atomic E-state index is 0.00745. The normalized spacial score (nSPS) is 12.7. The summed E-state index contributed by atoms with van der Waals surface area (Å²) in [5.41, 5.74) is 0.897. The van der Waals surface area contributed by atoms with Crippen LogP contribution in [0.15, 0.2) is 60.7 Å². The largest absolute Gasteiger partial charge is 0.460 e. The van der Waals surface area contributed by atoms with Crippen molar-refractivity contribution in [3.63, 3.8) is 0 Å². The van der Waals surface area contributed by atoms with Crippen molar-refractivity contribution in [2.24, 2.45) is 5.92 Å². The predicted octanol–water partition coefficient (Wildman–Crippen LogP) is 4.29. The van der Waals surface area contributed by atoms with Gasteiger partial charge in [0.05, 0.1) is 0 Å². The summed E-state index contributed by atoms with van der Waals surface area (Å²) in [6, 6.07) is 16.2. The summed E-state index contributed by atoms with van der Waals surface area (Å²) in [4.78, 5) is 50.8. The Bertz CT molecular complexity index is 1050. The van der Waals surface area contributed by atoms with Crippen LogP contribution < -0.4 is 10.6 Å². The number of hydrogen-bond donors (Lipinski definition) is 2. The van der Waals surface area contributed by atoms with Gasteiger partial charge in [-0.15, -0.1) is 0 Å². The molecule has 0 aromatic heterocycles. The van der Waals surface area contributed by atoms with Crippen molar-refractivity contribution in [3.8, 4) is 0 Å². The third-order valence-electron chi connectivity index (χ3n) is 5.32. The maximum Gasteiger partial charge on any atom is 0.408 e. The molecule has 0 heterocycles. The van der Waals surface area contributed by atoms with Gasteiger partial charge in [-0.2, -0.15) is 0 Å². The van der Waals surface area contributed by atoms with E-state index in [2.05, 4.69) is 10.6 Å². The van der Waals surface area contributed by atoms with E-state index in [0.29, 0.717) is 0 Å². The molecule has 0 bridgehead atoms. The second kappa shape index (κ2) is 14.8. The summed E-state index contributed by atoms with van der Waals surface area (Å²) in [7, 11) is 0. The molecule has 206 valence electrons. The zero-order valence-electron chi connectivity index (χ0n) is 22.7. The third-order valence-corrected chi connectivity index (χ3v) is 5.32. The number of carbonyl (C=O) groups excluding carboxylic acids is 4. The van der Waals surface area contributed by atoms with Crippen molar-refractivity contribution >= 4 is 23.9 Å². The molecule has 2 atom stereocenters. The maximum atomic E-state index is 13.2. The Morgan fingerprint density at radius 1 is 0.789 bits per heavy atom. The Labute approximate surface area is 224 Å². The summed E-state index contributed by atoms with van der Waals surface area (Å²) >= 11 is 0. The van der Waals surface area contributed by atoms with E-state index in [1.165, 1.54) is 0 Å². The summed E-state index contributed by atoms with van der Waals surface area (Å²) < 4.78 is 16.0. The Morgan fingerprint density at radius 2 is 1.32 bits per heavy atom. The number of benzene rings is 2. The second-order valence-electron chi connectivity index (χ2n) is 10.2. The third kappa shape index (κ3) is 11.5. The van der Waals surface area contributed by atoms with Crippen molar-refractivity contribution in [1.29, 1.82) is 0 Å². The highest BCUT2D eigenvalue weighted by atomic mass is 16.6. The van der Waals surface area contributed by atoms with Crippen LogP contribution in [0.2, 0.25) is 0 Å². The molecule has 0 radical (unpaired) electrons. The predicted molar refractivity (Wildman–Crippen MR) is 142 cm³/mol. The average Bonchev–Trinajstić information content (AvgIpc) is 2.87. The minimum Gasteiger partial charge on any atom is -0.460 e. The first kappa shape index (κ1) is 30.3. The Kier molecular flexibility index (Phi) is 11.8. The standard InChI is InChI=1S/C29H38N2O7/c1-20(2)25(27(34)36-18-21-12-8-6-9-13-21)31-26(33)23(16-17-24(32)38-29(3,4)5)30-28(35)37-19-22-14-10-7-11-15-22/h6-15,20,23,25H,16-19H2,1-5H3,(H,30,35)(H,31,33)/t23-,25+/m1/s1. The van der Waals surface area contributed by atoms with E-state index in [-0.39, 0.29) is 32.0 Å². The van der Waals surface area contributed by atoms with Crippen LogP contribution in [0.1, 0.15) is 58.6 Å². The zero-order valence-corrected chi connectivity index (χ0v) is 22.7.